The normalized spacial score (nSPS) is 11.6. The summed E-state index contributed by atoms with van der Waals surface area (Å²) >= 11 is 0. The number of hydrogen-bond donors (Lipinski definition) is 0. The molecule has 146 valence electrons. The molecule has 28 heavy (non-hydrogen) atoms. The van der Waals surface area contributed by atoms with E-state index in [9.17, 15) is 14.0 Å². The second-order valence-corrected chi connectivity index (χ2v) is 8.20. The van der Waals surface area contributed by atoms with Gasteiger partial charge in [-0.1, -0.05) is 45.0 Å². The Hall–Kier alpha value is -2.95. The van der Waals surface area contributed by atoms with Crippen molar-refractivity contribution in [3.05, 3.63) is 82.0 Å². The molecule has 2 aromatic carbocycles. The maximum Gasteiger partial charge on any atom is 0.223 e. The highest BCUT2D eigenvalue weighted by atomic mass is 19.1. The molecule has 3 aromatic rings. The first-order chi connectivity index (χ1) is 13.2. The minimum absolute atomic E-state index is 0.0654. The summed E-state index contributed by atoms with van der Waals surface area (Å²) in [6, 6.07) is 13.1. The molecule has 0 saturated heterocycles. The topological polar surface area (TPSA) is 50.5 Å². The zero-order valence-electron chi connectivity index (χ0n) is 16.4. The van der Waals surface area contributed by atoms with Crippen molar-refractivity contribution in [1.29, 1.82) is 0 Å². The van der Waals surface area contributed by atoms with Crippen LogP contribution in [-0.4, -0.2) is 10.8 Å². The summed E-state index contributed by atoms with van der Waals surface area (Å²) in [4.78, 5) is 27.4. The maximum atomic E-state index is 13.2. The molecular formula is C23H24FNO3. The second-order valence-electron chi connectivity index (χ2n) is 8.20. The lowest BCUT2D eigenvalue weighted by atomic mass is 9.91. The van der Waals surface area contributed by atoms with Crippen LogP contribution < -0.4 is 5.43 Å². The van der Waals surface area contributed by atoms with Gasteiger partial charge in [0.2, 0.25) is 5.91 Å². The molecule has 0 aliphatic carbocycles. The number of carbonyl (C=O) groups excluding carboxylic acids is 1. The van der Waals surface area contributed by atoms with Crippen LogP contribution in [-0.2, 0) is 17.9 Å². The molecule has 3 rings (SSSR count). The standard InChI is InChI=1S/C23H24FNO3/c1-23(2,3)12-21(26)25(13-16-8-10-18(24)11-9-16)14-17-15-28-20-7-5-4-6-19(20)22(17)27/h4-11,15H,12-14H2,1-3H3. The molecule has 1 aromatic heterocycles. The minimum Gasteiger partial charge on any atom is -0.464 e. The average Bonchev–Trinajstić information content (AvgIpc) is 2.64. The quantitative estimate of drug-likeness (QED) is 0.632. The molecule has 5 heteroatoms. The van der Waals surface area contributed by atoms with E-state index in [4.69, 9.17) is 4.42 Å². The van der Waals surface area contributed by atoms with Gasteiger partial charge in [0.25, 0.3) is 0 Å². The van der Waals surface area contributed by atoms with Crippen LogP contribution in [0.25, 0.3) is 11.0 Å². The molecule has 0 N–H and O–H groups in total. The van der Waals surface area contributed by atoms with Gasteiger partial charge in [-0.15, -0.1) is 0 Å². The lowest BCUT2D eigenvalue weighted by molar-refractivity contribution is -0.134. The van der Waals surface area contributed by atoms with Crippen molar-refractivity contribution in [2.45, 2.75) is 40.3 Å². The van der Waals surface area contributed by atoms with Gasteiger partial charge in [0, 0.05) is 13.0 Å². The van der Waals surface area contributed by atoms with Crippen LogP contribution in [0.4, 0.5) is 4.39 Å². The van der Waals surface area contributed by atoms with Crippen molar-refractivity contribution < 1.29 is 13.6 Å². The number of amides is 1. The number of halogens is 1. The van der Waals surface area contributed by atoms with E-state index in [-0.39, 0.29) is 29.1 Å². The molecule has 0 radical (unpaired) electrons. The smallest absolute Gasteiger partial charge is 0.223 e. The van der Waals surface area contributed by atoms with E-state index in [1.807, 2.05) is 20.8 Å². The Balaban J connectivity index is 1.92. The molecule has 0 spiro atoms. The predicted octanol–water partition coefficient (Wildman–Crippen LogP) is 4.90. The van der Waals surface area contributed by atoms with Crippen LogP contribution >= 0.6 is 0 Å². The molecule has 1 heterocycles. The fraction of sp³-hybridized carbons (Fsp3) is 0.304. The Morgan fingerprint density at radius 2 is 1.71 bits per heavy atom. The van der Waals surface area contributed by atoms with Gasteiger partial charge >= 0.3 is 0 Å². The summed E-state index contributed by atoms with van der Waals surface area (Å²) < 4.78 is 18.8. The van der Waals surface area contributed by atoms with Crippen molar-refractivity contribution >= 4 is 16.9 Å². The van der Waals surface area contributed by atoms with Crippen molar-refractivity contribution in [1.82, 2.24) is 4.90 Å². The van der Waals surface area contributed by atoms with Crippen molar-refractivity contribution in [2.75, 3.05) is 0 Å². The first-order valence-electron chi connectivity index (χ1n) is 9.24. The summed E-state index contributed by atoms with van der Waals surface area (Å²) in [6.07, 6.45) is 1.76. The number of para-hydroxylation sites is 1. The van der Waals surface area contributed by atoms with Crippen LogP contribution in [0, 0.1) is 11.2 Å². The third kappa shape index (κ3) is 4.85. The van der Waals surface area contributed by atoms with Gasteiger partial charge in [-0.2, -0.15) is 0 Å². The van der Waals surface area contributed by atoms with E-state index in [1.54, 1.807) is 41.3 Å². The number of rotatable bonds is 5. The summed E-state index contributed by atoms with van der Waals surface area (Å²) in [7, 11) is 0. The van der Waals surface area contributed by atoms with E-state index in [2.05, 4.69) is 0 Å². The first-order valence-corrected chi connectivity index (χ1v) is 9.24. The lowest BCUT2D eigenvalue weighted by Crippen LogP contribution is -2.34. The minimum atomic E-state index is -0.327. The predicted molar refractivity (Wildman–Crippen MR) is 107 cm³/mol. The van der Waals surface area contributed by atoms with E-state index >= 15 is 0 Å². The number of fused-ring (bicyclic) bond motifs is 1. The van der Waals surface area contributed by atoms with Gasteiger partial charge < -0.3 is 9.32 Å². The van der Waals surface area contributed by atoms with E-state index in [1.165, 1.54) is 18.4 Å². The van der Waals surface area contributed by atoms with Gasteiger partial charge in [-0.25, -0.2) is 4.39 Å². The lowest BCUT2D eigenvalue weighted by Gasteiger charge is -2.27. The molecule has 0 aliphatic rings. The van der Waals surface area contributed by atoms with Gasteiger partial charge in [0.1, 0.15) is 11.4 Å². The van der Waals surface area contributed by atoms with Crippen molar-refractivity contribution in [3.63, 3.8) is 0 Å². The van der Waals surface area contributed by atoms with E-state index in [0.29, 0.717) is 29.5 Å². The zero-order chi connectivity index (χ0) is 20.3. The Morgan fingerprint density at radius 1 is 1.04 bits per heavy atom. The highest BCUT2D eigenvalue weighted by molar-refractivity contribution is 5.78. The molecule has 0 fully saturated rings. The highest BCUT2D eigenvalue weighted by Crippen LogP contribution is 2.22. The molecule has 0 saturated carbocycles. The number of hydrogen-bond acceptors (Lipinski definition) is 3. The summed E-state index contributed by atoms with van der Waals surface area (Å²) in [6.45, 7) is 6.41. The van der Waals surface area contributed by atoms with Crippen LogP contribution in [0.15, 0.2) is 64.0 Å². The van der Waals surface area contributed by atoms with Crippen LogP contribution in [0.1, 0.15) is 38.3 Å². The largest absolute Gasteiger partial charge is 0.464 e. The van der Waals surface area contributed by atoms with Crippen LogP contribution in [0.2, 0.25) is 0 Å². The van der Waals surface area contributed by atoms with Crippen LogP contribution in [0.5, 0.6) is 0 Å². The monoisotopic (exact) mass is 381 g/mol. The van der Waals surface area contributed by atoms with Gasteiger partial charge in [0.15, 0.2) is 5.43 Å². The molecule has 0 aliphatic heterocycles. The molecular weight excluding hydrogens is 357 g/mol. The Bertz CT molecular complexity index is 1030. The Morgan fingerprint density at radius 3 is 2.39 bits per heavy atom. The summed E-state index contributed by atoms with van der Waals surface area (Å²) in [5, 5.41) is 0.491. The Kier molecular flexibility index (Phi) is 5.63. The third-order valence-corrected chi connectivity index (χ3v) is 4.43. The molecule has 1 amide bonds. The van der Waals surface area contributed by atoms with Gasteiger partial charge in [-0.05, 0) is 35.2 Å². The summed E-state index contributed by atoms with van der Waals surface area (Å²) in [5.74, 6) is -0.393. The van der Waals surface area contributed by atoms with E-state index < -0.39 is 0 Å². The fourth-order valence-corrected chi connectivity index (χ4v) is 3.04. The second kappa shape index (κ2) is 7.97. The first kappa shape index (κ1) is 19.8. The number of benzene rings is 2. The highest BCUT2D eigenvalue weighted by Gasteiger charge is 2.23. The van der Waals surface area contributed by atoms with Crippen molar-refractivity contribution in [3.8, 4) is 0 Å². The number of carbonyl (C=O) groups is 1. The molecule has 4 nitrogen and oxygen atoms in total. The third-order valence-electron chi connectivity index (χ3n) is 4.43. The van der Waals surface area contributed by atoms with Gasteiger partial charge in [-0.3, -0.25) is 9.59 Å². The fourth-order valence-electron chi connectivity index (χ4n) is 3.04. The molecule has 0 atom stereocenters. The van der Waals surface area contributed by atoms with Gasteiger partial charge in [0.05, 0.1) is 23.8 Å². The number of nitrogens with zero attached hydrogens (tertiary/aromatic N) is 1. The maximum absolute atomic E-state index is 13.2. The SMILES string of the molecule is CC(C)(C)CC(=O)N(Cc1ccc(F)cc1)Cc1coc2ccccc2c1=O. The molecule has 0 bridgehead atoms. The van der Waals surface area contributed by atoms with Crippen molar-refractivity contribution in [2.24, 2.45) is 5.41 Å². The summed E-state index contributed by atoms with van der Waals surface area (Å²) in [5.41, 5.74) is 1.40. The molecule has 0 unspecified atom stereocenters. The average molecular weight is 381 g/mol. The Labute approximate surface area is 163 Å². The van der Waals surface area contributed by atoms with E-state index in [0.717, 1.165) is 5.56 Å². The zero-order valence-corrected chi connectivity index (χ0v) is 16.4. The van der Waals surface area contributed by atoms with Crippen LogP contribution in [0.3, 0.4) is 0 Å².